The van der Waals surface area contributed by atoms with Crippen molar-refractivity contribution in [3.8, 4) is 0 Å². The van der Waals surface area contributed by atoms with Gasteiger partial charge >= 0.3 is 0 Å². The first-order chi connectivity index (χ1) is 13.6. The largest absolute Gasteiger partial charge is 0.502 e. The molecule has 1 aliphatic rings. The van der Waals surface area contributed by atoms with Crippen LogP contribution in [0.4, 0.5) is 0 Å². The van der Waals surface area contributed by atoms with Crippen LogP contribution in [0.25, 0.3) is 11.5 Å². The summed E-state index contributed by atoms with van der Waals surface area (Å²) in [6.07, 6.45) is 3.78. The van der Waals surface area contributed by atoms with E-state index >= 15 is 0 Å². The summed E-state index contributed by atoms with van der Waals surface area (Å²) in [6.45, 7) is 9.16. The molecule has 3 rings (SSSR count). The van der Waals surface area contributed by atoms with Crippen LogP contribution in [-0.4, -0.2) is 54.4 Å². The highest BCUT2D eigenvalue weighted by Crippen LogP contribution is 2.20. The quantitative estimate of drug-likeness (QED) is 0.339. The SMILES string of the molecule is Cc1ccc(C(O)=C(C(=S)NCCN2CCOCC2)[n+]2ccccc2)cc1C. The van der Waals surface area contributed by atoms with E-state index in [0.29, 0.717) is 10.7 Å². The topological polar surface area (TPSA) is 48.6 Å². The molecule has 6 heteroatoms. The molecule has 0 radical (unpaired) electrons. The Morgan fingerprint density at radius 2 is 1.86 bits per heavy atom. The van der Waals surface area contributed by atoms with Crippen molar-refractivity contribution in [2.75, 3.05) is 39.4 Å². The first-order valence-electron chi connectivity index (χ1n) is 9.62. The Kier molecular flexibility index (Phi) is 7.14. The molecule has 5 nitrogen and oxygen atoms in total. The van der Waals surface area contributed by atoms with Crippen LogP contribution in [0.1, 0.15) is 16.7 Å². The van der Waals surface area contributed by atoms with E-state index in [4.69, 9.17) is 17.0 Å². The molecule has 148 valence electrons. The number of aromatic nitrogens is 1. The minimum atomic E-state index is 0.170. The molecular weight excluding hydrogens is 370 g/mol. The average molecular weight is 399 g/mol. The normalized spacial score (nSPS) is 15.8. The maximum Gasteiger partial charge on any atom is 0.287 e. The van der Waals surface area contributed by atoms with Gasteiger partial charge < -0.3 is 15.2 Å². The van der Waals surface area contributed by atoms with Crippen LogP contribution in [0, 0.1) is 13.8 Å². The Morgan fingerprint density at radius 1 is 1.14 bits per heavy atom. The van der Waals surface area contributed by atoms with Gasteiger partial charge in [0.25, 0.3) is 5.70 Å². The van der Waals surface area contributed by atoms with Gasteiger partial charge in [0.2, 0.25) is 0 Å². The molecule has 0 atom stereocenters. The maximum atomic E-state index is 11.1. The molecule has 0 saturated carbocycles. The van der Waals surface area contributed by atoms with Crippen LogP contribution in [0.2, 0.25) is 0 Å². The number of thiocarbonyl (C=S) groups is 1. The molecule has 2 N–H and O–H groups in total. The van der Waals surface area contributed by atoms with Crippen LogP contribution in [0.3, 0.4) is 0 Å². The smallest absolute Gasteiger partial charge is 0.287 e. The lowest BCUT2D eigenvalue weighted by Crippen LogP contribution is -2.44. The number of aryl methyl sites for hydroxylation is 2. The number of aliphatic hydroxyl groups is 1. The predicted octanol–water partition coefficient (Wildman–Crippen LogP) is 2.72. The van der Waals surface area contributed by atoms with Crippen molar-refractivity contribution < 1.29 is 14.4 Å². The summed E-state index contributed by atoms with van der Waals surface area (Å²) in [5, 5.41) is 14.4. The fourth-order valence-corrected chi connectivity index (χ4v) is 3.46. The molecule has 0 unspecified atom stereocenters. The average Bonchev–Trinajstić information content (AvgIpc) is 2.72. The zero-order valence-electron chi connectivity index (χ0n) is 16.5. The molecule has 1 aromatic carbocycles. The molecule has 2 aromatic rings. The van der Waals surface area contributed by atoms with E-state index < -0.39 is 0 Å². The Balaban J connectivity index is 1.82. The number of rotatable bonds is 6. The molecule has 0 aliphatic carbocycles. The number of aliphatic hydroxyl groups excluding tert-OH is 1. The van der Waals surface area contributed by atoms with Gasteiger partial charge in [-0.25, -0.2) is 0 Å². The first kappa shape index (κ1) is 20.5. The highest BCUT2D eigenvalue weighted by atomic mass is 32.1. The van der Waals surface area contributed by atoms with E-state index in [9.17, 15) is 5.11 Å². The van der Waals surface area contributed by atoms with Crippen molar-refractivity contribution in [3.05, 3.63) is 65.5 Å². The number of ether oxygens (including phenoxy) is 1. The lowest BCUT2D eigenvalue weighted by atomic mass is 10.0. The summed E-state index contributed by atoms with van der Waals surface area (Å²) in [5.41, 5.74) is 3.66. The molecule has 0 spiro atoms. The summed E-state index contributed by atoms with van der Waals surface area (Å²) in [7, 11) is 0. The van der Waals surface area contributed by atoms with E-state index in [1.54, 1.807) is 0 Å². The second-order valence-electron chi connectivity index (χ2n) is 6.99. The lowest BCUT2D eigenvalue weighted by Gasteiger charge is -2.26. The molecule has 1 aliphatic heterocycles. The van der Waals surface area contributed by atoms with Gasteiger partial charge in [0.1, 0.15) is 0 Å². The van der Waals surface area contributed by atoms with Gasteiger partial charge in [-0.05, 0) is 31.0 Å². The van der Waals surface area contributed by atoms with Gasteiger partial charge in [0.05, 0.1) is 13.2 Å². The molecule has 1 fully saturated rings. The number of nitrogens with one attached hydrogen (secondary N) is 1. The first-order valence-corrected chi connectivity index (χ1v) is 10.0. The molecule has 0 bridgehead atoms. The second kappa shape index (κ2) is 9.78. The third kappa shape index (κ3) is 5.16. The number of hydrogen-bond acceptors (Lipinski definition) is 4. The number of morpholine rings is 1. The van der Waals surface area contributed by atoms with Crippen molar-refractivity contribution in [1.82, 2.24) is 10.2 Å². The Labute approximate surface area is 172 Å². The van der Waals surface area contributed by atoms with Crippen LogP contribution in [0.5, 0.6) is 0 Å². The summed E-state index contributed by atoms with van der Waals surface area (Å²) in [5.74, 6) is 0.170. The zero-order valence-corrected chi connectivity index (χ0v) is 17.3. The predicted molar refractivity (Wildman–Crippen MR) is 116 cm³/mol. The molecular formula is C22H28N3O2S+. The summed E-state index contributed by atoms with van der Waals surface area (Å²) in [4.78, 5) is 2.88. The number of benzene rings is 1. The van der Waals surface area contributed by atoms with Crippen molar-refractivity contribution in [3.63, 3.8) is 0 Å². The van der Waals surface area contributed by atoms with E-state index in [-0.39, 0.29) is 5.76 Å². The van der Waals surface area contributed by atoms with Gasteiger partial charge in [0.15, 0.2) is 23.1 Å². The van der Waals surface area contributed by atoms with Gasteiger partial charge in [-0.1, -0.05) is 30.4 Å². The van der Waals surface area contributed by atoms with Crippen LogP contribution in [0.15, 0.2) is 48.8 Å². The highest BCUT2D eigenvalue weighted by Gasteiger charge is 2.23. The minimum absolute atomic E-state index is 0.170. The van der Waals surface area contributed by atoms with Gasteiger partial charge in [-0.2, -0.15) is 4.57 Å². The van der Waals surface area contributed by atoms with Crippen LogP contribution >= 0.6 is 12.2 Å². The van der Waals surface area contributed by atoms with E-state index in [0.717, 1.165) is 50.5 Å². The highest BCUT2D eigenvalue weighted by molar-refractivity contribution is 7.81. The molecule has 28 heavy (non-hydrogen) atoms. The zero-order chi connectivity index (χ0) is 19.9. The molecule has 2 heterocycles. The third-order valence-electron chi connectivity index (χ3n) is 5.01. The van der Waals surface area contributed by atoms with Gasteiger partial charge in [-0.3, -0.25) is 4.90 Å². The number of hydrogen-bond donors (Lipinski definition) is 2. The van der Waals surface area contributed by atoms with E-state index in [2.05, 4.69) is 17.1 Å². The number of pyridine rings is 1. The van der Waals surface area contributed by atoms with E-state index in [1.165, 1.54) is 5.56 Å². The summed E-state index contributed by atoms with van der Waals surface area (Å²) in [6, 6.07) is 11.7. The van der Waals surface area contributed by atoms with Crippen molar-refractivity contribution in [1.29, 1.82) is 0 Å². The second-order valence-corrected chi connectivity index (χ2v) is 7.40. The fraction of sp³-hybridized carbons (Fsp3) is 0.364. The Morgan fingerprint density at radius 3 is 2.54 bits per heavy atom. The molecule has 1 aromatic heterocycles. The standard InChI is InChI=1S/C22H27N3O2S/c1-17-6-7-19(16-18(17)2)21(26)20(25-9-4-3-5-10-25)22(28)23-8-11-24-12-14-27-15-13-24/h3-7,9-10,16H,8,11-15H2,1-2H3,(H-,23,26,28)/p+1. The van der Waals surface area contributed by atoms with Crippen molar-refractivity contribution in [2.24, 2.45) is 0 Å². The van der Waals surface area contributed by atoms with E-state index in [1.807, 2.05) is 60.3 Å². The van der Waals surface area contributed by atoms with Crippen molar-refractivity contribution >= 4 is 28.7 Å². The lowest BCUT2D eigenvalue weighted by molar-refractivity contribution is -0.576. The Hall–Kier alpha value is -2.28. The Bertz CT molecular complexity index is 846. The summed E-state index contributed by atoms with van der Waals surface area (Å²) >= 11 is 5.67. The van der Waals surface area contributed by atoms with Crippen molar-refractivity contribution in [2.45, 2.75) is 13.8 Å². The van der Waals surface area contributed by atoms with Gasteiger partial charge in [-0.15, -0.1) is 0 Å². The van der Waals surface area contributed by atoms with Crippen LogP contribution < -0.4 is 9.88 Å². The molecule has 1 saturated heterocycles. The number of nitrogens with zero attached hydrogens (tertiary/aromatic N) is 2. The third-order valence-corrected chi connectivity index (χ3v) is 5.35. The maximum absolute atomic E-state index is 11.1. The minimum Gasteiger partial charge on any atom is -0.502 e. The van der Waals surface area contributed by atoms with Gasteiger partial charge in [0, 0.05) is 43.9 Å². The monoisotopic (exact) mass is 398 g/mol. The molecule has 0 amide bonds. The summed E-state index contributed by atoms with van der Waals surface area (Å²) < 4.78 is 7.25. The van der Waals surface area contributed by atoms with Crippen LogP contribution in [-0.2, 0) is 4.74 Å². The fourth-order valence-electron chi connectivity index (χ4n) is 3.16.